The van der Waals surface area contributed by atoms with Gasteiger partial charge in [-0.25, -0.2) is 9.78 Å². The molecule has 0 fully saturated rings. The van der Waals surface area contributed by atoms with Crippen LogP contribution in [0.1, 0.15) is 22.5 Å². The van der Waals surface area contributed by atoms with Crippen LogP contribution >= 0.6 is 12.4 Å². The van der Waals surface area contributed by atoms with Gasteiger partial charge in [-0.3, -0.25) is 0 Å². The molecule has 26 heavy (non-hydrogen) atoms. The molecule has 1 aromatic carbocycles. The van der Waals surface area contributed by atoms with E-state index < -0.39 is 6.16 Å². The summed E-state index contributed by atoms with van der Waals surface area (Å²) in [6.45, 7) is 6.52. The molecule has 0 saturated carbocycles. The topological polar surface area (TPSA) is 64.9 Å². The molecule has 0 spiro atoms. The number of aryl methyl sites for hydroxylation is 3. The molecule has 0 unspecified atom stereocenters. The zero-order valence-electron chi connectivity index (χ0n) is 15.2. The maximum atomic E-state index is 11.5. The molecule has 0 aliphatic heterocycles. The molecule has 2 heterocycles. The van der Waals surface area contributed by atoms with E-state index in [1.165, 1.54) is 7.11 Å². The van der Waals surface area contributed by atoms with Crippen LogP contribution in [0.5, 0.6) is 5.75 Å². The minimum atomic E-state index is -0.728. The van der Waals surface area contributed by atoms with Gasteiger partial charge in [-0.1, -0.05) is 12.1 Å². The zero-order valence-corrected chi connectivity index (χ0v) is 16.0. The molecule has 3 rings (SSSR count). The van der Waals surface area contributed by atoms with Gasteiger partial charge in [0.1, 0.15) is 5.75 Å². The monoisotopic (exact) mass is 375 g/mol. The summed E-state index contributed by atoms with van der Waals surface area (Å²) in [4.78, 5) is 16.1. The van der Waals surface area contributed by atoms with Crippen molar-refractivity contribution in [1.82, 2.24) is 9.38 Å². The minimum absolute atomic E-state index is 0. The third-order valence-electron chi connectivity index (χ3n) is 4.31. The number of anilines is 1. The average Bonchev–Trinajstić information content (AvgIpc) is 2.89. The van der Waals surface area contributed by atoms with Crippen molar-refractivity contribution in [2.24, 2.45) is 0 Å². The second-order valence-corrected chi connectivity index (χ2v) is 5.86. The maximum Gasteiger partial charge on any atom is 0.513 e. The predicted octanol–water partition coefficient (Wildman–Crippen LogP) is 4.44. The number of pyridine rings is 1. The van der Waals surface area contributed by atoms with Gasteiger partial charge in [0.05, 0.1) is 18.5 Å². The summed E-state index contributed by atoms with van der Waals surface area (Å²) < 4.78 is 11.9. The van der Waals surface area contributed by atoms with Crippen molar-refractivity contribution in [3.05, 3.63) is 59.0 Å². The second-order valence-electron chi connectivity index (χ2n) is 5.86. The third-order valence-corrected chi connectivity index (χ3v) is 4.31. The Hall–Kier alpha value is -2.73. The van der Waals surface area contributed by atoms with Crippen LogP contribution in [0.3, 0.4) is 0 Å². The first-order valence-electron chi connectivity index (χ1n) is 8.03. The number of hydrogen-bond acceptors (Lipinski definition) is 5. The van der Waals surface area contributed by atoms with E-state index in [1.54, 1.807) is 6.07 Å². The van der Waals surface area contributed by atoms with E-state index in [0.29, 0.717) is 12.3 Å². The number of nitrogens with zero attached hydrogens (tertiary/aromatic N) is 2. The highest BCUT2D eigenvalue weighted by Gasteiger charge is 2.13. The lowest BCUT2D eigenvalue weighted by molar-refractivity contribution is 0.121. The third kappa shape index (κ3) is 3.75. The van der Waals surface area contributed by atoms with Gasteiger partial charge < -0.3 is 19.2 Å². The molecule has 6 nitrogen and oxygen atoms in total. The molecule has 7 heteroatoms. The Morgan fingerprint density at radius 2 is 1.96 bits per heavy atom. The number of benzene rings is 1. The number of fused-ring (bicyclic) bond motifs is 1. The lowest BCUT2D eigenvalue weighted by atomic mass is 10.1. The molecule has 2 aromatic heterocycles. The first kappa shape index (κ1) is 19.6. The number of hydrogen-bond donors (Lipinski definition) is 1. The van der Waals surface area contributed by atoms with Crippen LogP contribution in [0.15, 0.2) is 36.5 Å². The summed E-state index contributed by atoms with van der Waals surface area (Å²) in [7, 11) is 1.29. The van der Waals surface area contributed by atoms with Crippen LogP contribution in [0, 0.1) is 20.8 Å². The number of nitrogens with one attached hydrogen (secondary N) is 1. The molecule has 0 saturated heterocycles. The van der Waals surface area contributed by atoms with Crippen LogP contribution in [-0.4, -0.2) is 22.6 Å². The van der Waals surface area contributed by atoms with Crippen molar-refractivity contribution in [2.75, 3.05) is 12.4 Å². The van der Waals surface area contributed by atoms with E-state index in [4.69, 9.17) is 4.74 Å². The molecule has 1 N–H and O–H groups in total. The fraction of sp³-hybridized carbons (Fsp3) is 0.263. The van der Waals surface area contributed by atoms with Crippen LogP contribution in [-0.2, 0) is 11.3 Å². The Kier molecular flexibility index (Phi) is 6.10. The van der Waals surface area contributed by atoms with Gasteiger partial charge in [-0.05, 0) is 44.5 Å². The summed E-state index contributed by atoms with van der Waals surface area (Å²) >= 11 is 0. The molecule has 0 amide bonds. The highest BCUT2D eigenvalue weighted by Crippen LogP contribution is 2.25. The fourth-order valence-corrected chi connectivity index (χ4v) is 2.75. The Bertz CT molecular complexity index is 937. The standard InChI is InChI=1S/C19H21N3O3.ClH/c1-12-7-5-9-17(25-19(23)24-4)15(12)11-20-16-8-6-10-22-14(3)13(2)21-18(16)22;/h5-10,20H,11H2,1-4H3;1H. The van der Waals surface area contributed by atoms with E-state index in [9.17, 15) is 4.79 Å². The Labute approximate surface area is 158 Å². The molecular formula is C19H22ClN3O3. The number of imidazole rings is 1. The van der Waals surface area contributed by atoms with Crippen molar-refractivity contribution in [1.29, 1.82) is 0 Å². The summed E-state index contributed by atoms with van der Waals surface area (Å²) in [6, 6.07) is 9.55. The van der Waals surface area contributed by atoms with Crippen molar-refractivity contribution >= 4 is 29.9 Å². The lowest BCUT2D eigenvalue weighted by Crippen LogP contribution is -2.11. The van der Waals surface area contributed by atoms with Crippen LogP contribution in [0.4, 0.5) is 10.5 Å². The number of methoxy groups -OCH3 is 1. The predicted molar refractivity (Wildman–Crippen MR) is 103 cm³/mol. The van der Waals surface area contributed by atoms with E-state index in [1.807, 2.05) is 51.2 Å². The zero-order chi connectivity index (χ0) is 18.0. The minimum Gasteiger partial charge on any atom is -0.437 e. The number of ether oxygens (including phenoxy) is 2. The number of carbonyl (C=O) groups is 1. The first-order valence-corrected chi connectivity index (χ1v) is 8.03. The summed E-state index contributed by atoms with van der Waals surface area (Å²) in [5.41, 5.74) is 5.84. The van der Waals surface area contributed by atoms with Crippen molar-refractivity contribution in [3.8, 4) is 5.75 Å². The fourth-order valence-electron chi connectivity index (χ4n) is 2.75. The highest BCUT2D eigenvalue weighted by atomic mass is 35.5. The maximum absolute atomic E-state index is 11.5. The molecule has 0 atom stereocenters. The second kappa shape index (κ2) is 8.10. The lowest BCUT2D eigenvalue weighted by Gasteiger charge is -2.14. The van der Waals surface area contributed by atoms with Gasteiger partial charge in [-0.15, -0.1) is 12.4 Å². The van der Waals surface area contributed by atoms with Gasteiger partial charge in [0.2, 0.25) is 0 Å². The molecular weight excluding hydrogens is 354 g/mol. The molecule has 0 bridgehead atoms. The van der Waals surface area contributed by atoms with Crippen molar-refractivity contribution in [3.63, 3.8) is 0 Å². The molecule has 3 aromatic rings. The van der Waals surface area contributed by atoms with Crippen molar-refractivity contribution in [2.45, 2.75) is 27.3 Å². The van der Waals surface area contributed by atoms with Crippen LogP contribution < -0.4 is 10.1 Å². The SMILES string of the molecule is COC(=O)Oc1cccc(C)c1CNc1cccn2c(C)c(C)nc12.Cl. The van der Waals surface area contributed by atoms with Crippen LogP contribution in [0.2, 0.25) is 0 Å². The first-order chi connectivity index (χ1) is 12.0. The highest BCUT2D eigenvalue weighted by molar-refractivity contribution is 5.85. The number of rotatable bonds is 4. The van der Waals surface area contributed by atoms with E-state index >= 15 is 0 Å². The van der Waals surface area contributed by atoms with Gasteiger partial charge >= 0.3 is 6.16 Å². The summed E-state index contributed by atoms with van der Waals surface area (Å²) in [5, 5.41) is 3.40. The number of halogens is 1. The Balaban J connectivity index is 0.00000243. The van der Waals surface area contributed by atoms with Gasteiger partial charge in [0, 0.05) is 24.0 Å². The molecule has 0 radical (unpaired) electrons. The van der Waals surface area contributed by atoms with Crippen LogP contribution in [0.25, 0.3) is 5.65 Å². The Morgan fingerprint density at radius 1 is 1.19 bits per heavy atom. The van der Waals surface area contributed by atoms with E-state index in [-0.39, 0.29) is 12.4 Å². The van der Waals surface area contributed by atoms with Gasteiger partial charge in [-0.2, -0.15) is 0 Å². The normalized spacial score (nSPS) is 10.3. The molecule has 0 aliphatic carbocycles. The number of carbonyl (C=O) groups excluding carboxylic acids is 1. The summed E-state index contributed by atoms with van der Waals surface area (Å²) in [6.07, 6.45) is 1.27. The Morgan fingerprint density at radius 3 is 2.69 bits per heavy atom. The summed E-state index contributed by atoms with van der Waals surface area (Å²) in [5.74, 6) is 0.488. The van der Waals surface area contributed by atoms with E-state index in [0.717, 1.165) is 33.8 Å². The van der Waals surface area contributed by atoms with E-state index in [2.05, 4.69) is 19.4 Å². The van der Waals surface area contributed by atoms with Crippen molar-refractivity contribution < 1.29 is 14.3 Å². The molecule has 138 valence electrons. The van der Waals surface area contributed by atoms with Gasteiger partial charge in [0.25, 0.3) is 0 Å². The quantitative estimate of drug-likeness (QED) is 0.539. The number of aromatic nitrogens is 2. The van der Waals surface area contributed by atoms with Gasteiger partial charge in [0.15, 0.2) is 5.65 Å². The molecule has 0 aliphatic rings. The largest absolute Gasteiger partial charge is 0.513 e. The smallest absolute Gasteiger partial charge is 0.437 e. The average molecular weight is 376 g/mol.